The van der Waals surface area contributed by atoms with E-state index in [0.717, 1.165) is 12.2 Å². The first-order valence-corrected chi connectivity index (χ1v) is 9.24. The Labute approximate surface area is 149 Å². The highest BCUT2D eigenvalue weighted by molar-refractivity contribution is 9.09. The molecule has 1 aromatic rings. The highest BCUT2D eigenvalue weighted by atomic mass is 79.9. The topological polar surface area (TPSA) is 75.9 Å². The van der Waals surface area contributed by atoms with E-state index in [9.17, 15) is 26.4 Å². The Morgan fingerprint density at radius 1 is 1.12 bits per heavy atom. The number of sulfonamides is 1. The van der Waals surface area contributed by atoms with Crippen molar-refractivity contribution in [1.82, 2.24) is 0 Å². The van der Waals surface area contributed by atoms with E-state index in [1.165, 1.54) is 24.3 Å². The van der Waals surface area contributed by atoms with Gasteiger partial charge < -0.3 is 0 Å². The number of benzene rings is 1. The number of rotatable bonds is 3. The Kier molecular flexibility index (Phi) is 5.73. The molecule has 0 aromatic heterocycles. The summed E-state index contributed by atoms with van der Waals surface area (Å²) in [5.74, 6) is -0.672. The summed E-state index contributed by atoms with van der Waals surface area (Å²) in [7, 11) is -4.32. The molecule has 1 amide bonds. The average Bonchev–Trinajstić information content (AvgIpc) is 2.55. The molecule has 25 heavy (non-hydrogen) atoms. The molecule has 0 spiro atoms. The van der Waals surface area contributed by atoms with Gasteiger partial charge in [-0.2, -0.15) is 26.0 Å². The van der Waals surface area contributed by atoms with Crippen LogP contribution < -0.4 is 0 Å². The summed E-state index contributed by atoms with van der Waals surface area (Å²) in [4.78, 5) is 14.5. The van der Waals surface area contributed by atoms with Crippen LogP contribution in [0.1, 0.15) is 0 Å². The summed E-state index contributed by atoms with van der Waals surface area (Å²) in [6.45, 7) is 0. The van der Waals surface area contributed by atoms with Crippen molar-refractivity contribution in [3.8, 4) is 0 Å². The molecule has 0 heterocycles. The van der Waals surface area contributed by atoms with E-state index >= 15 is 0 Å². The molecular formula is C15H10BrF3N2O3S. The predicted molar refractivity (Wildman–Crippen MR) is 90.6 cm³/mol. The Bertz CT molecular complexity index is 902. The second-order valence-corrected chi connectivity index (χ2v) is 6.88. The van der Waals surface area contributed by atoms with Crippen LogP contribution in [-0.2, 0) is 14.8 Å². The van der Waals surface area contributed by atoms with Crippen molar-refractivity contribution in [3.05, 3.63) is 54.1 Å². The lowest BCUT2D eigenvalue weighted by atomic mass is 10.0. The number of carbonyl (C=O) groups is 1. The standard InChI is InChI=1S/C15H10BrF3N2O3S/c16-9-14(22)20-10-6-7-13(12(8-10)15(17,18)19)21-25(23,24)11-4-2-1-3-5-11/h1-8H,9H2/b20-10?,21-13-. The van der Waals surface area contributed by atoms with E-state index in [2.05, 4.69) is 25.3 Å². The minimum Gasteiger partial charge on any atom is -0.272 e. The molecule has 0 atom stereocenters. The minimum absolute atomic E-state index is 0.150. The Balaban J connectivity index is 2.51. The van der Waals surface area contributed by atoms with E-state index in [1.54, 1.807) is 6.07 Å². The molecule has 132 valence electrons. The number of alkyl halides is 4. The molecule has 1 aliphatic rings. The normalized spacial score (nSPS) is 18.5. The van der Waals surface area contributed by atoms with Gasteiger partial charge in [0.05, 0.1) is 27.2 Å². The van der Waals surface area contributed by atoms with Gasteiger partial charge in [-0.1, -0.05) is 34.1 Å². The maximum atomic E-state index is 13.2. The van der Waals surface area contributed by atoms with Gasteiger partial charge in [0.25, 0.3) is 15.9 Å². The molecule has 0 fully saturated rings. The highest BCUT2D eigenvalue weighted by Crippen LogP contribution is 2.30. The van der Waals surface area contributed by atoms with E-state index in [0.29, 0.717) is 6.08 Å². The minimum atomic E-state index is -4.87. The number of allylic oxidation sites excluding steroid dienone is 4. The van der Waals surface area contributed by atoms with Gasteiger partial charge in [-0.05, 0) is 30.4 Å². The molecule has 1 aromatic carbocycles. The number of amides is 1. The second kappa shape index (κ2) is 7.44. The van der Waals surface area contributed by atoms with Crippen molar-refractivity contribution in [1.29, 1.82) is 0 Å². The summed E-state index contributed by atoms with van der Waals surface area (Å²) in [6, 6.07) is 6.88. The maximum Gasteiger partial charge on any atom is 0.418 e. The van der Waals surface area contributed by atoms with Crippen LogP contribution in [0.3, 0.4) is 0 Å². The summed E-state index contributed by atoms with van der Waals surface area (Å²) < 4.78 is 67.3. The van der Waals surface area contributed by atoms with E-state index in [-0.39, 0.29) is 15.9 Å². The first-order chi connectivity index (χ1) is 11.6. The lowest BCUT2D eigenvalue weighted by molar-refractivity contribution is -0.115. The Morgan fingerprint density at radius 3 is 2.32 bits per heavy atom. The number of nitrogens with zero attached hydrogens (tertiary/aromatic N) is 2. The van der Waals surface area contributed by atoms with Gasteiger partial charge in [0.2, 0.25) is 0 Å². The van der Waals surface area contributed by atoms with Gasteiger partial charge in [-0.25, -0.2) is 4.99 Å². The quantitative estimate of drug-likeness (QED) is 0.541. The van der Waals surface area contributed by atoms with Crippen molar-refractivity contribution < 1.29 is 26.4 Å². The third kappa shape index (κ3) is 4.95. The van der Waals surface area contributed by atoms with Crippen LogP contribution in [0.25, 0.3) is 0 Å². The van der Waals surface area contributed by atoms with E-state index in [4.69, 9.17) is 0 Å². The zero-order valence-corrected chi connectivity index (χ0v) is 14.8. The fraction of sp³-hybridized carbons (Fsp3) is 0.133. The van der Waals surface area contributed by atoms with Crippen LogP contribution in [0.2, 0.25) is 0 Å². The molecular weight excluding hydrogens is 425 g/mol. The number of hydrogen-bond donors (Lipinski definition) is 0. The monoisotopic (exact) mass is 434 g/mol. The van der Waals surface area contributed by atoms with E-state index in [1.807, 2.05) is 0 Å². The Morgan fingerprint density at radius 2 is 1.76 bits per heavy atom. The van der Waals surface area contributed by atoms with Gasteiger partial charge in [0, 0.05) is 0 Å². The molecule has 0 aliphatic heterocycles. The summed E-state index contributed by atoms with van der Waals surface area (Å²) >= 11 is 2.85. The number of halogens is 4. The Hall–Kier alpha value is -2.07. The maximum absolute atomic E-state index is 13.2. The number of aliphatic imine (C=N–C) groups is 1. The molecule has 5 nitrogen and oxygen atoms in total. The highest BCUT2D eigenvalue weighted by Gasteiger charge is 2.38. The van der Waals surface area contributed by atoms with Crippen LogP contribution in [0, 0.1) is 0 Å². The van der Waals surface area contributed by atoms with Crippen molar-refractivity contribution in [2.45, 2.75) is 11.1 Å². The zero-order chi connectivity index (χ0) is 18.7. The summed E-state index contributed by atoms with van der Waals surface area (Å²) in [5.41, 5.74) is -2.31. The largest absolute Gasteiger partial charge is 0.418 e. The van der Waals surface area contributed by atoms with Crippen molar-refractivity contribution in [2.24, 2.45) is 9.39 Å². The van der Waals surface area contributed by atoms with Crippen LogP contribution >= 0.6 is 15.9 Å². The molecule has 0 radical (unpaired) electrons. The zero-order valence-electron chi connectivity index (χ0n) is 12.4. The van der Waals surface area contributed by atoms with E-state index < -0.39 is 33.4 Å². The lowest BCUT2D eigenvalue weighted by Crippen LogP contribution is -2.24. The van der Waals surface area contributed by atoms with Gasteiger partial charge in [0.15, 0.2) is 0 Å². The molecule has 0 bridgehead atoms. The molecule has 0 N–H and O–H groups in total. The molecule has 0 unspecified atom stereocenters. The molecule has 0 saturated carbocycles. The third-order valence-corrected chi connectivity index (χ3v) is 4.70. The smallest absolute Gasteiger partial charge is 0.272 e. The summed E-state index contributed by atoms with van der Waals surface area (Å²) in [5, 5.41) is -0.150. The molecule has 2 rings (SSSR count). The van der Waals surface area contributed by atoms with Gasteiger partial charge in [-0.3, -0.25) is 4.79 Å². The first kappa shape index (κ1) is 19.3. The van der Waals surface area contributed by atoms with Crippen molar-refractivity contribution in [3.63, 3.8) is 0 Å². The number of carbonyl (C=O) groups excluding carboxylic acids is 1. The lowest BCUT2D eigenvalue weighted by Gasteiger charge is -2.15. The summed E-state index contributed by atoms with van der Waals surface area (Å²) in [6.07, 6.45) is -2.33. The van der Waals surface area contributed by atoms with Gasteiger partial charge in [-0.15, -0.1) is 0 Å². The fourth-order valence-corrected chi connectivity index (χ4v) is 3.00. The van der Waals surface area contributed by atoms with Crippen LogP contribution in [0.15, 0.2) is 68.4 Å². The predicted octanol–water partition coefficient (Wildman–Crippen LogP) is 3.24. The SMILES string of the molecule is O=C(CBr)N=C1C=C/C(=N/S(=O)(=O)c2ccccc2)C(C(F)(F)F)=C1. The molecule has 10 heteroatoms. The van der Waals surface area contributed by atoms with Crippen LogP contribution in [0.4, 0.5) is 13.2 Å². The fourth-order valence-electron chi connectivity index (χ4n) is 1.85. The van der Waals surface area contributed by atoms with Crippen molar-refractivity contribution >= 4 is 43.3 Å². The van der Waals surface area contributed by atoms with Crippen molar-refractivity contribution in [2.75, 3.05) is 5.33 Å². The van der Waals surface area contributed by atoms with Gasteiger partial charge in [0.1, 0.15) is 0 Å². The van der Waals surface area contributed by atoms with Gasteiger partial charge >= 0.3 is 6.18 Å². The van der Waals surface area contributed by atoms with Crippen LogP contribution in [-0.4, -0.2) is 37.3 Å². The average molecular weight is 435 g/mol. The molecule has 0 saturated heterocycles. The third-order valence-electron chi connectivity index (χ3n) is 2.91. The second-order valence-electron chi connectivity index (χ2n) is 4.72. The number of hydrogen-bond acceptors (Lipinski definition) is 3. The first-order valence-electron chi connectivity index (χ1n) is 6.68. The molecule has 1 aliphatic carbocycles. The van der Waals surface area contributed by atoms with Crippen LogP contribution in [0.5, 0.6) is 0 Å².